The molecular formula is C12H14O2. The molecule has 0 spiro atoms. The Morgan fingerprint density at radius 1 is 1.57 bits per heavy atom. The lowest BCUT2D eigenvalue weighted by molar-refractivity contribution is -0.121. The van der Waals surface area contributed by atoms with Crippen molar-refractivity contribution in [2.45, 2.75) is 25.7 Å². The van der Waals surface area contributed by atoms with Crippen LogP contribution in [-0.2, 0) is 4.79 Å². The number of carbonyl (C=O) groups excluding carboxylic acids is 1. The molecule has 1 aromatic heterocycles. The van der Waals surface area contributed by atoms with Crippen LogP contribution in [0.1, 0.15) is 31.4 Å². The minimum absolute atomic E-state index is 0.0556. The molecule has 0 N–H and O–H groups in total. The van der Waals surface area contributed by atoms with Crippen LogP contribution in [0.5, 0.6) is 0 Å². The van der Waals surface area contributed by atoms with Gasteiger partial charge in [0, 0.05) is 6.42 Å². The molecule has 0 aliphatic heterocycles. The molecule has 1 aliphatic rings. The topological polar surface area (TPSA) is 30.2 Å². The second-order valence-corrected chi connectivity index (χ2v) is 3.66. The normalized spacial score (nSPS) is 26.8. The molecule has 2 heteroatoms. The zero-order chi connectivity index (χ0) is 9.97. The fourth-order valence-electron chi connectivity index (χ4n) is 2.05. The van der Waals surface area contributed by atoms with E-state index in [1.807, 2.05) is 18.2 Å². The maximum Gasteiger partial charge on any atom is 0.147 e. The van der Waals surface area contributed by atoms with Crippen LogP contribution in [0.15, 0.2) is 35.0 Å². The van der Waals surface area contributed by atoms with E-state index in [4.69, 9.17) is 4.42 Å². The molecule has 0 saturated heterocycles. The highest BCUT2D eigenvalue weighted by Crippen LogP contribution is 2.33. The first-order chi connectivity index (χ1) is 6.83. The third-order valence-electron chi connectivity index (χ3n) is 2.80. The maximum atomic E-state index is 11.8. The summed E-state index contributed by atoms with van der Waals surface area (Å²) in [6.07, 6.45) is 7.26. The summed E-state index contributed by atoms with van der Waals surface area (Å²) in [7, 11) is 0. The molecule has 74 valence electrons. The summed E-state index contributed by atoms with van der Waals surface area (Å²) < 4.78 is 5.32. The highest BCUT2D eigenvalue weighted by atomic mass is 16.3. The number of furan rings is 1. The highest BCUT2D eigenvalue weighted by Gasteiger charge is 2.30. The minimum Gasteiger partial charge on any atom is -0.469 e. The average molecular weight is 190 g/mol. The smallest absolute Gasteiger partial charge is 0.147 e. The molecule has 0 radical (unpaired) electrons. The van der Waals surface area contributed by atoms with Crippen LogP contribution in [0.25, 0.3) is 0 Å². The maximum absolute atomic E-state index is 11.8. The zero-order valence-electron chi connectivity index (χ0n) is 8.27. The van der Waals surface area contributed by atoms with Gasteiger partial charge in [0.25, 0.3) is 0 Å². The van der Waals surface area contributed by atoms with Crippen molar-refractivity contribution in [3.63, 3.8) is 0 Å². The molecule has 0 amide bonds. The van der Waals surface area contributed by atoms with Gasteiger partial charge < -0.3 is 4.42 Å². The molecular weight excluding hydrogens is 176 g/mol. The van der Waals surface area contributed by atoms with E-state index in [0.717, 1.165) is 12.2 Å². The predicted octanol–water partition coefficient (Wildman–Crippen LogP) is 2.92. The summed E-state index contributed by atoms with van der Waals surface area (Å²) >= 11 is 0. The summed E-state index contributed by atoms with van der Waals surface area (Å²) in [5.74, 6) is 1.34. The second-order valence-electron chi connectivity index (χ2n) is 3.66. The molecule has 2 atom stereocenters. The van der Waals surface area contributed by atoms with Gasteiger partial charge in [0.05, 0.1) is 12.2 Å². The Hall–Kier alpha value is -1.31. The van der Waals surface area contributed by atoms with Crippen LogP contribution in [0.4, 0.5) is 0 Å². The van der Waals surface area contributed by atoms with E-state index >= 15 is 0 Å². The van der Waals surface area contributed by atoms with Crippen LogP contribution in [0.3, 0.4) is 0 Å². The van der Waals surface area contributed by atoms with E-state index in [1.165, 1.54) is 0 Å². The van der Waals surface area contributed by atoms with Crippen LogP contribution >= 0.6 is 0 Å². The first-order valence-corrected chi connectivity index (χ1v) is 5.05. The number of allylic oxidation sites excluding steroid dienone is 2. The summed E-state index contributed by atoms with van der Waals surface area (Å²) in [6, 6.07) is 3.73. The van der Waals surface area contributed by atoms with Crippen molar-refractivity contribution < 1.29 is 9.21 Å². The van der Waals surface area contributed by atoms with Gasteiger partial charge in [0.2, 0.25) is 0 Å². The number of hydrogen-bond acceptors (Lipinski definition) is 2. The molecule has 0 saturated carbocycles. The molecule has 0 aromatic carbocycles. The van der Waals surface area contributed by atoms with Crippen LogP contribution in [0, 0.1) is 5.92 Å². The second kappa shape index (κ2) is 3.82. The lowest BCUT2D eigenvalue weighted by Gasteiger charge is -2.23. The van der Waals surface area contributed by atoms with Gasteiger partial charge in [-0.2, -0.15) is 0 Å². The van der Waals surface area contributed by atoms with Crippen LogP contribution in [-0.4, -0.2) is 5.78 Å². The molecule has 14 heavy (non-hydrogen) atoms. The van der Waals surface area contributed by atoms with Gasteiger partial charge >= 0.3 is 0 Å². The van der Waals surface area contributed by atoms with Crippen molar-refractivity contribution in [3.05, 3.63) is 36.3 Å². The van der Waals surface area contributed by atoms with Crippen molar-refractivity contribution in [1.29, 1.82) is 0 Å². The number of rotatable bonds is 2. The summed E-state index contributed by atoms with van der Waals surface area (Å²) in [5.41, 5.74) is 0. The van der Waals surface area contributed by atoms with Gasteiger partial charge in [0.1, 0.15) is 11.5 Å². The van der Waals surface area contributed by atoms with Crippen LogP contribution in [0.2, 0.25) is 0 Å². The van der Waals surface area contributed by atoms with Crippen molar-refractivity contribution in [1.82, 2.24) is 0 Å². The van der Waals surface area contributed by atoms with Crippen molar-refractivity contribution in [2.24, 2.45) is 5.92 Å². The third kappa shape index (κ3) is 1.52. The van der Waals surface area contributed by atoms with E-state index in [1.54, 1.807) is 6.26 Å². The first-order valence-electron chi connectivity index (χ1n) is 5.05. The average Bonchev–Trinajstić information content (AvgIpc) is 2.70. The zero-order valence-corrected chi connectivity index (χ0v) is 8.27. The van der Waals surface area contributed by atoms with E-state index in [0.29, 0.717) is 12.3 Å². The largest absolute Gasteiger partial charge is 0.469 e. The fourth-order valence-corrected chi connectivity index (χ4v) is 2.05. The number of Topliss-reactive ketones (excluding diaryl/α,β-unsaturated/α-hetero) is 1. The molecule has 1 heterocycles. The van der Waals surface area contributed by atoms with Crippen molar-refractivity contribution >= 4 is 5.78 Å². The van der Waals surface area contributed by atoms with Gasteiger partial charge in [-0.15, -0.1) is 0 Å². The standard InChI is InChI=1S/C12H14O2/c1-2-9-5-3-6-10(13)12(9)11-7-4-8-14-11/h3-5,7-9,12H,2,6H2,1H3/t9-,12?/m1/s1. The van der Waals surface area contributed by atoms with Crippen molar-refractivity contribution in [3.8, 4) is 0 Å². The highest BCUT2D eigenvalue weighted by molar-refractivity contribution is 5.88. The van der Waals surface area contributed by atoms with Gasteiger partial charge in [-0.05, 0) is 24.5 Å². The molecule has 1 aliphatic carbocycles. The fraction of sp³-hybridized carbons (Fsp3) is 0.417. The van der Waals surface area contributed by atoms with Gasteiger partial charge in [-0.3, -0.25) is 4.79 Å². The van der Waals surface area contributed by atoms with E-state index in [-0.39, 0.29) is 11.7 Å². The molecule has 0 fully saturated rings. The quantitative estimate of drug-likeness (QED) is 0.671. The molecule has 1 unspecified atom stereocenters. The lowest BCUT2D eigenvalue weighted by atomic mass is 9.80. The Kier molecular flexibility index (Phi) is 2.53. The van der Waals surface area contributed by atoms with E-state index in [2.05, 4.69) is 13.0 Å². The van der Waals surface area contributed by atoms with Crippen LogP contribution < -0.4 is 0 Å². The molecule has 2 rings (SSSR count). The third-order valence-corrected chi connectivity index (χ3v) is 2.80. The Balaban J connectivity index is 2.31. The lowest BCUT2D eigenvalue weighted by Crippen LogP contribution is -2.22. The molecule has 0 bridgehead atoms. The molecule has 2 nitrogen and oxygen atoms in total. The Labute approximate surface area is 83.6 Å². The SMILES string of the molecule is CC[C@@H]1C=CCC(=O)C1c1ccco1. The number of hydrogen-bond donors (Lipinski definition) is 0. The van der Waals surface area contributed by atoms with E-state index in [9.17, 15) is 4.79 Å². The summed E-state index contributed by atoms with van der Waals surface area (Å²) in [6.45, 7) is 2.10. The van der Waals surface area contributed by atoms with Gasteiger partial charge in [-0.1, -0.05) is 19.1 Å². The summed E-state index contributed by atoms with van der Waals surface area (Å²) in [5, 5.41) is 0. The number of carbonyl (C=O) groups is 1. The Bertz CT molecular complexity index is 335. The summed E-state index contributed by atoms with van der Waals surface area (Å²) in [4.78, 5) is 11.8. The Morgan fingerprint density at radius 2 is 2.43 bits per heavy atom. The van der Waals surface area contributed by atoms with E-state index < -0.39 is 0 Å². The minimum atomic E-state index is -0.0556. The van der Waals surface area contributed by atoms with Crippen molar-refractivity contribution in [2.75, 3.05) is 0 Å². The first kappa shape index (κ1) is 9.25. The predicted molar refractivity (Wildman–Crippen MR) is 54.0 cm³/mol. The monoisotopic (exact) mass is 190 g/mol. The van der Waals surface area contributed by atoms with Gasteiger partial charge in [-0.25, -0.2) is 0 Å². The molecule has 1 aromatic rings. The van der Waals surface area contributed by atoms with Gasteiger partial charge in [0.15, 0.2) is 0 Å². The number of ketones is 1. The Morgan fingerprint density at radius 3 is 3.07 bits per heavy atom.